The summed E-state index contributed by atoms with van der Waals surface area (Å²) in [5.74, 6) is -1.16. The molecule has 1 aliphatic rings. The fraction of sp³-hybridized carbons (Fsp3) is 0.333. The predicted molar refractivity (Wildman–Crippen MR) is 61.0 cm³/mol. The normalized spacial score (nSPS) is 18.9. The molecule has 0 spiro atoms. The molecular weight excluding hydrogens is 222 g/mol. The zero-order valence-corrected chi connectivity index (χ0v) is 9.18. The van der Waals surface area contributed by atoms with Gasteiger partial charge in [0.05, 0.1) is 5.56 Å². The van der Waals surface area contributed by atoms with Crippen molar-refractivity contribution in [1.29, 1.82) is 0 Å². The number of benzene rings is 1. The second kappa shape index (κ2) is 4.97. The van der Waals surface area contributed by atoms with Gasteiger partial charge >= 0.3 is 5.97 Å². The van der Waals surface area contributed by atoms with Crippen molar-refractivity contribution in [2.45, 2.75) is 18.9 Å². The largest absolute Gasteiger partial charge is 0.478 e. The number of carbonyl (C=O) groups excluding carboxylic acids is 1. The molecule has 1 saturated heterocycles. The van der Waals surface area contributed by atoms with Gasteiger partial charge in [-0.25, -0.2) is 4.79 Å². The standard InChI is InChI=1S/C12H13NO4/c14-11(10-2-1-7-17-10)13-9-5-3-8(4-6-9)12(15)16/h3-6,10H,1-2,7H2,(H,13,14)(H,15,16)/t10-/m1/s1. The minimum Gasteiger partial charge on any atom is -0.478 e. The van der Waals surface area contributed by atoms with E-state index in [4.69, 9.17) is 9.84 Å². The highest BCUT2D eigenvalue weighted by Gasteiger charge is 2.23. The van der Waals surface area contributed by atoms with Crippen molar-refractivity contribution < 1.29 is 19.4 Å². The molecule has 2 rings (SSSR count). The van der Waals surface area contributed by atoms with Crippen LogP contribution in [0.15, 0.2) is 24.3 Å². The van der Waals surface area contributed by atoms with E-state index >= 15 is 0 Å². The minimum atomic E-state index is -0.984. The van der Waals surface area contributed by atoms with Gasteiger partial charge in [-0.05, 0) is 37.1 Å². The van der Waals surface area contributed by atoms with Crippen LogP contribution in [0.1, 0.15) is 23.2 Å². The third kappa shape index (κ3) is 2.82. The summed E-state index contributed by atoms with van der Waals surface area (Å²) in [4.78, 5) is 22.3. The van der Waals surface area contributed by atoms with Crippen molar-refractivity contribution in [1.82, 2.24) is 0 Å². The van der Waals surface area contributed by atoms with Gasteiger partial charge in [-0.2, -0.15) is 0 Å². The first-order valence-corrected chi connectivity index (χ1v) is 5.42. The van der Waals surface area contributed by atoms with Crippen LogP contribution in [0.5, 0.6) is 0 Å². The molecule has 2 N–H and O–H groups in total. The highest BCUT2D eigenvalue weighted by atomic mass is 16.5. The first-order valence-electron chi connectivity index (χ1n) is 5.42. The van der Waals surface area contributed by atoms with E-state index in [1.54, 1.807) is 12.1 Å². The fourth-order valence-electron chi connectivity index (χ4n) is 1.70. The van der Waals surface area contributed by atoms with Crippen LogP contribution in [0.2, 0.25) is 0 Å². The molecule has 1 aliphatic heterocycles. The molecule has 0 bridgehead atoms. The number of amides is 1. The van der Waals surface area contributed by atoms with E-state index in [0.717, 1.165) is 12.8 Å². The summed E-state index contributed by atoms with van der Waals surface area (Å²) in [6.07, 6.45) is 1.25. The molecule has 1 atom stereocenters. The van der Waals surface area contributed by atoms with Crippen molar-refractivity contribution in [2.75, 3.05) is 11.9 Å². The van der Waals surface area contributed by atoms with E-state index in [9.17, 15) is 9.59 Å². The van der Waals surface area contributed by atoms with Crippen LogP contribution in [0.25, 0.3) is 0 Å². The molecule has 5 heteroatoms. The Labute approximate surface area is 98.4 Å². The van der Waals surface area contributed by atoms with Gasteiger partial charge in [-0.3, -0.25) is 4.79 Å². The zero-order valence-electron chi connectivity index (χ0n) is 9.18. The summed E-state index contributed by atoms with van der Waals surface area (Å²) in [5.41, 5.74) is 0.774. The highest BCUT2D eigenvalue weighted by molar-refractivity contribution is 5.95. The van der Waals surface area contributed by atoms with Gasteiger partial charge in [0.25, 0.3) is 5.91 Å². The van der Waals surface area contributed by atoms with Crippen molar-refractivity contribution in [3.05, 3.63) is 29.8 Å². The second-order valence-electron chi connectivity index (χ2n) is 3.87. The molecule has 1 fully saturated rings. The lowest BCUT2D eigenvalue weighted by Crippen LogP contribution is -2.26. The molecule has 0 radical (unpaired) electrons. The molecule has 1 aromatic rings. The third-order valence-electron chi connectivity index (χ3n) is 2.62. The topological polar surface area (TPSA) is 75.6 Å². The maximum Gasteiger partial charge on any atom is 0.335 e. The average Bonchev–Trinajstić information content (AvgIpc) is 2.83. The quantitative estimate of drug-likeness (QED) is 0.832. The van der Waals surface area contributed by atoms with Gasteiger partial charge in [-0.15, -0.1) is 0 Å². The molecular formula is C12H13NO4. The van der Waals surface area contributed by atoms with Crippen LogP contribution in [0.3, 0.4) is 0 Å². The van der Waals surface area contributed by atoms with Crippen LogP contribution in [-0.4, -0.2) is 29.7 Å². The zero-order chi connectivity index (χ0) is 12.3. The van der Waals surface area contributed by atoms with Crippen molar-refractivity contribution in [2.24, 2.45) is 0 Å². The summed E-state index contributed by atoms with van der Waals surface area (Å²) in [6, 6.07) is 6.04. The Morgan fingerprint density at radius 2 is 2.00 bits per heavy atom. The van der Waals surface area contributed by atoms with Gasteiger partial charge < -0.3 is 15.2 Å². The maximum atomic E-state index is 11.7. The lowest BCUT2D eigenvalue weighted by molar-refractivity contribution is -0.124. The Morgan fingerprint density at radius 1 is 1.29 bits per heavy atom. The molecule has 1 amide bonds. The lowest BCUT2D eigenvalue weighted by atomic mass is 10.2. The Kier molecular flexibility index (Phi) is 3.39. The minimum absolute atomic E-state index is 0.175. The average molecular weight is 235 g/mol. The number of anilines is 1. The van der Waals surface area contributed by atoms with Gasteiger partial charge in [0.2, 0.25) is 0 Å². The first-order chi connectivity index (χ1) is 8.16. The van der Waals surface area contributed by atoms with Crippen LogP contribution >= 0.6 is 0 Å². The molecule has 0 aromatic heterocycles. The smallest absolute Gasteiger partial charge is 0.335 e. The number of hydrogen-bond donors (Lipinski definition) is 2. The SMILES string of the molecule is O=C(O)c1ccc(NC(=O)[C@H]2CCCO2)cc1. The van der Waals surface area contributed by atoms with Crippen LogP contribution in [0.4, 0.5) is 5.69 Å². The molecule has 17 heavy (non-hydrogen) atoms. The number of ether oxygens (including phenoxy) is 1. The van der Waals surface area contributed by atoms with Crippen molar-refractivity contribution in [3.63, 3.8) is 0 Å². The Morgan fingerprint density at radius 3 is 2.53 bits per heavy atom. The Balaban J connectivity index is 1.98. The summed E-state index contributed by atoms with van der Waals surface area (Å²) in [6.45, 7) is 0.621. The number of nitrogens with one attached hydrogen (secondary N) is 1. The summed E-state index contributed by atoms with van der Waals surface area (Å²) in [7, 11) is 0. The van der Waals surface area contributed by atoms with E-state index in [1.807, 2.05) is 0 Å². The summed E-state index contributed by atoms with van der Waals surface area (Å²) in [5, 5.41) is 11.4. The predicted octanol–water partition coefficient (Wildman–Crippen LogP) is 1.50. The number of aromatic carboxylic acids is 1. The van der Waals surface area contributed by atoms with Crippen molar-refractivity contribution >= 4 is 17.6 Å². The maximum absolute atomic E-state index is 11.7. The number of carboxylic acid groups (broad SMARTS) is 1. The fourth-order valence-corrected chi connectivity index (χ4v) is 1.70. The highest BCUT2D eigenvalue weighted by Crippen LogP contribution is 2.15. The van der Waals surface area contributed by atoms with E-state index in [-0.39, 0.29) is 17.6 Å². The van der Waals surface area contributed by atoms with Gasteiger partial charge in [0, 0.05) is 12.3 Å². The van der Waals surface area contributed by atoms with Gasteiger partial charge in [0.15, 0.2) is 0 Å². The first kappa shape index (κ1) is 11.6. The lowest BCUT2D eigenvalue weighted by Gasteiger charge is -2.10. The van der Waals surface area contributed by atoms with E-state index in [0.29, 0.717) is 12.3 Å². The van der Waals surface area contributed by atoms with E-state index in [2.05, 4.69) is 5.32 Å². The summed E-state index contributed by atoms with van der Waals surface area (Å²) >= 11 is 0. The molecule has 5 nitrogen and oxygen atoms in total. The molecule has 1 heterocycles. The molecule has 0 saturated carbocycles. The molecule has 0 unspecified atom stereocenters. The second-order valence-corrected chi connectivity index (χ2v) is 3.87. The van der Waals surface area contributed by atoms with Gasteiger partial charge in [-0.1, -0.05) is 0 Å². The number of hydrogen-bond acceptors (Lipinski definition) is 3. The molecule has 0 aliphatic carbocycles. The summed E-state index contributed by atoms with van der Waals surface area (Å²) < 4.78 is 5.24. The monoisotopic (exact) mass is 235 g/mol. The number of carbonyl (C=O) groups is 2. The van der Waals surface area contributed by atoms with Crippen LogP contribution < -0.4 is 5.32 Å². The van der Waals surface area contributed by atoms with E-state index < -0.39 is 5.97 Å². The number of rotatable bonds is 3. The van der Waals surface area contributed by atoms with Crippen LogP contribution in [-0.2, 0) is 9.53 Å². The Hall–Kier alpha value is -1.88. The van der Waals surface area contributed by atoms with Crippen molar-refractivity contribution in [3.8, 4) is 0 Å². The molecule has 1 aromatic carbocycles. The third-order valence-corrected chi connectivity index (χ3v) is 2.62. The van der Waals surface area contributed by atoms with E-state index in [1.165, 1.54) is 12.1 Å². The van der Waals surface area contributed by atoms with Gasteiger partial charge in [0.1, 0.15) is 6.10 Å². The Bertz CT molecular complexity index is 421. The molecule has 90 valence electrons. The van der Waals surface area contributed by atoms with Crippen LogP contribution in [0, 0.1) is 0 Å². The number of carboxylic acids is 1.